The summed E-state index contributed by atoms with van der Waals surface area (Å²) in [7, 11) is 0. The fourth-order valence-corrected chi connectivity index (χ4v) is 2.59. The van der Waals surface area contributed by atoms with E-state index in [0.29, 0.717) is 5.82 Å². The Labute approximate surface area is 166 Å². The van der Waals surface area contributed by atoms with E-state index in [4.69, 9.17) is 4.52 Å². The Morgan fingerprint density at radius 1 is 1.19 bits per heavy atom. The second-order valence-electron chi connectivity index (χ2n) is 5.36. The van der Waals surface area contributed by atoms with Crippen molar-refractivity contribution >= 4 is 34.4 Å². The van der Waals surface area contributed by atoms with Gasteiger partial charge in [-0.2, -0.15) is 10.1 Å². The van der Waals surface area contributed by atoms with Crippen molar-refractivity contribution in [3.8, 4) is 0 Å². The first-order valence-electron chi connectivity index (χ1n) is 7.84. The minimum atomic E-state index is -0.607. The van der Waals surface area contributed by atoms with E-state index in [1.165, 1.54) is 18.2 Å². The van der Waals surface area contributed by atoms with Gasteiger partial charge in [0.25, 0.3) is 5.91 Å². The van der Waals surface area contributed by atoms with Gasteiger partial charge in [-0.3, -0.25) is 14.3 Å². The standard InChI is InChI=1S/C16H14FIN6O3/c17-12-4-2-1-3-11(12)14(25)19-5-6-20-15(26)16-22-13(23-27-16)9-24-8-10(18)7-21-24/h1-4,7-8H,5-6,9H2,(H,19,25)(H,20,26). The number of amides is 2. The lowest BCUT2D eigenvalue weighted by Crippen LogP contribution is -2.35. The molecule has 2 heterocycles. The largest absolute Gasteiger partial charge is 0.350 e. The number of halogens is 2. The Kier molecular flexibility index (Phi) is 6.11. The van der Waals surface area contributed by atoms with E-state index >= 15 is 0 Å². The smallest absolute Gasteiger partial charge is 0.316 e. The van der Waals surface area contributed by atoms with Gasteiger partial charge in [0.1, 0.15) is 12.4 Å². The summed E-state index contributed by atoms with van der Waals surface area (Å²) in [5, 5.41) is 12.9. The maximum atomic E-state index is 13.5. The summed E-state index contributed by atoms with van der Waals surface area (Å²) in [5.41, 5.74) is -0.0568. The van der Waals surface area contributed by atoms with E-state index in [-0.39, 0.29) is 31.1 Å². The average Bonchev–Trinajstić information content (AvgIpc) is 3.28. The predicted octanol–water partition coefficient (Wildman–Crippen LogP) is 1.22. The second kappa shape index (κ2) is 8.70. The molecule has 0 spiro atoms. The SMILES string of the molecule is O=C(NCCNC(=O)c1ccccc1F)c1nc(Cn2cc(I)cn2)no1. The highest BCUT2D eigenvalue weighted by atomic mass is 127. The van der Waals surface area contributed by atoms with Crippen molar-refractivity contribution in [1.29, 1.82) is 0 Å². The van der Waals surface area contributed by atoms with E-state index in [9.17, 15) is 14.0 Å². The van der Waals surface area contributed by atoms with Crippen LogP contribution >= 0.6 is 22.6 Å². The van der Waals surface area contributed by atoms with Gasteiger partial charge in [-0.25, -0.2) is 4.39 Å². The van der Waals surface area contributed by atoms with Gasteiger partial charge >= 0.3 is 11.8 Å². The number of carbonyl (C=O) groups is 2. The molecular formula is C16H14FIN6O3. The van der Waals surface area contributed by atoms with Crippen LogP contribution in [0.2, 0.25) is 0 Å². The van der Waals surface area contributed by atoms with Crippen molar-refractivity contribution in [2.24, 2.45) is 0 Å². The molecule has 3 aromatic rings. The van der Waals surface area contributed by atoms with E-state index in [2.05, 4.69) is 48.5 Å². The fourth-order valence-electron chi connectivity index (χ4n) is 2.15. The first-order valence-corrected chi connectivity index (χ1v) is 8.92. The Morgan fingerprint density at radius 3 is 2.63 bits per heavy atom. The van der Waals surface area contributed by atoms with Gasteiger partial charge in [-0.15, -0.1) is 0 Å². The highest BCUT2D eigenvalue weighted by Crippen LogP contribution is 2.06. The Hall–Kier alpha value is -2.83. The van der Waals surface area contributed by atoms with Crippen molar-refractivity contribution in [2.45, 2.75) is 6.54 Å². The molecule has 0 aliphatic rings. The van der Waals surface area contributed by atoms with Gasteiger partial charge in [0, 0.05) is 19.3 Å². The van der Waals surface area contributed by atoms with Crippen LogP contribution in [0.4, 0.5) is 4.39 Å². The quantitative estimate of drug-likeness (QED) is 0.385. The average molecular weight is 484 g/mol. The van der Waals surface area contributed by atoms with Gasteiger partial charge in [0.05, 0.1) is 15.3 Å². The highest BCUT2D eigenvalue weighted by Gasteiger charge is 2.15. The third-order valence-electron chi connectivity index (χ3n) is 3.38. The molecule has 0 radical (unpaired) electrons. The van der Waals surface area contributed by atoms with Gasteiger partial charge in [0.2, 0.25) is 0 Å². The molecule has 140 valence electrons. The molecule has 2 amide bonds. The normalized spacial score (nSPS) is 10.6. The number of nitrogens with zero attached hydrogens (tertiary/aromatic N) is 4. The lowest BCUT2D eigenvalue weighted by atomic mass is 10.2. The summed E-state index contributed by atoms with van der Waals surface area (Å²) in [6, 6.07) is 5.65. The van der Waals surface area contributed by atoms with Gasteiger partial charge in [-0.1, -0.05) is 17.3 Å². The topological polar surface area (TPSA) is 115 Å². The number of nitrogens with one attached hydrogen (secondary N) is 2. The van der Waals surface area contributed by atoms with Gasteiger partial charge < -0.3 is 15.2 Å². The van der Waals surface area contributed by atoms with E-state index in [1.807, 2.05) is 0 Å². The molecule has 0 saturated carbocycles. The zero-order valence-corrected chi connectivity index (χ0v) is 16.0. The summed E-state index contributed by atoms with van der Waals surface area (Å²) in [6.07, 6.45) is 3.48. The number of rotatable bonds is 7. The van der Waals surface area contributed by atoms with E-state index < -0.39 is 17.6 Å². The molecule has 0 bridgehead atoms. The number of hydrogen-bond donors (Lipinski definition) is 2. The van der Waals surface area contributed by atoms with Crippen LogP contribution in [0.3, 0.4) is 0 Å². The summed E-state index contributed by atoms with van der Waals surface area (Å²) < 4.78 is 21.0. The Balaban J connectivity index is 1.44. The summed E-state index contributed by atoms with van der Waals surface area (Å²) >= 11 is 2.13. The molecule has 0 fully saturated rings. The van der Waals surface area contributed by atoms with E-state index in [0.717, 1.165) is 3.57 Å². The van der Waals surface area contributed by atoms with Crippen LogP contribution in [0.25, 0.3) is 0 Å². The molecule has 0 aliphatic heterocycles. The van der Waals surface area contributed by atoms with Crippen LogP contribution in [0, 0.1) is 9.39 Å². The van der Waals surface area contributed by atoms with Crippen molar-refractivity contribution < 1.29 is 18.5 Å². The first kappa shape index (κ1) is 18.9. The van der Waals surface area contributed by atoms with Crippen LogP contribution in [0.5, 0.6) is 0 Å². The molecule has 1 aromatic carbocycles. The van der Waals surface area contributed by atoms with Crippen molar-refractivity contribution in [1.82, 2.24) is 30.6 Å². The van der Waals surface area contributed by atoms with E-state index in [1.54, 1.807) is 23.1 Å². The van der Waals surface area contributed by atoms with Crippen molar-refractivity contribution in [2.75, 3.05) is 13.1 Å². The van der Waals surface area contributed by atoms with Crippen molar-refractivity contribution in [3.63, 3.8) is 0 Å². The molecular weight excluding hydrogens is 470 g/mol. The zero-order valence-electron chi connectivity index (χ0n) is 13.9. The third kappa shape index (κ3) is 5.09. The molecule has 0 saturated heterocycles. The monoisotopic (exact) mass is 484 g/mol. The molecule has 0 aliphatic carbocycles. The number of carbonyl (C=O) groups excluding carboxylic acids is 2. The zero-order chi connectivity index (χ0) is 19.2. The van der Waals surface area contributed by atoms with Crippen LogP contribution in [0.1, 0.15) is 26.9 Å². The maximum absolute atomic E-state index is 13.5. The molecule has 27 heavy (non-hydrogen) atoms. The summed E-state index contributed by atoms with van der Waals surface area (Å²) in [5.74, 6) is -1.61. The lowest BCUT2D eigenvalue weighted by molar-refractivity contribution is 0.0897. The van der Waals surface area contributed by atoms with Crippen LogP contribution in [-0.2, 0) is 6.54 Å². The van der Waals surface area contributed by atoms with Gasteiger partial charge in [0.15, 0.2) is 5.82 Å². The molecule has 0 unspecified atom stereocenters. The summed E-state index contributed by atoms with van der Waals surface area (Å²) in [4.78, 5) is 27.8. The molecule has 2 N–H and O–H groups in total. The number of benzene rings is 1. The fraction of sp³-hybridized carbons (Fsp3) is 0.188. The minimum Gasteiger partial charge on any atom is -0.350 e. The van der Waals surface area contributed by atoms with Crippen LogP contribution < -0.4 is 10.6 Å². The minimum absolute atomic E-state index is 0.0568. The van der Waals surface area contributed by atoms with Crippen molar-refractivity contribution in [3.05, 3.63) is 63.3 Å². The van der Waals surface area contributed by atoms with Crippen LogP contribution in [0.15, 0.2) is 41.2 Å². The second-order valence-corrected chi connectivity index (χ2v) is 6.61. The summed E-state index contributed by atoms with van der Waals surface area (Å²) in [6.45, 7) is 0.512. The number of hydrogen-bond acceptors (Lipinski definition) is 6. The first-order chi connectivity index (χ1) is 13.0. The third-order valence-corrected chi connectivity index (χ3v) is 3.94. The highest BCUT2D eigenvalue weighted by molar-refractivity contribution is 14.1. The van der Waals surface area contributed by atoms with Crippen LogP contribution in [-0.4, -0.2) is 44.8 Å². The molecule has 3 rings (SSSR count). The number of aromatic nitrogens is 4. The maximum Gasteiger partial charge on any atom is 0.316 e. The Morgan fingerprint density at radius 2 is 1.93 bits per heavy atom. The predicted molar refractivity (Wildman–Crippen MR) is 99.4 cm³/mol. The molecule has 2 aromatic heterocycles. The lowest BCUT2D eigenvalue weighted by Gasteiger charge is -2.06. The van der Waals surface area contributed by atoms with Gasteiger partial charge in [-0.05, 0) is 34.7 Å². The molecule has 0 atom stereocenters. The molecule has 11 heteroatoms. The Bertz CT molecular complexity index is 957. The molecule has 9 nitrogen and oxygen atoms in total.